The van der Waals surface area contributed by atoms with Crippen LogP contribution in [0.15, 0.2) is 18.2 Å². The number of thiophene rings is 1. The van der Waals surface area contributed by atoms with E-state index in [1.165, 1.54) is 11.3 Å². The van der Waals surface area contributed by atoms with E-state index in [4.69, 9.17) is 14.2 Å². The molecular weight excluding hydrogens is 448 g/mol. The van der Waals surface area contributed by atoms with Gasteiger partial charge in [-0.25, -0.2) is 9.59 Å². The Morgan fingerprint density at radius 3 is 2.64 bits per heavy atom. The quantitative estimate of drug-likeness (QED) is 0.535. The van der Waals surface area contributed by atoms with Crippen molar-refractivity contribution in [1.82, 2.24) is 0 Å². The molecule has 176 valence electrons. The molecule has 0 bridgehead atoms. The smallest absolute Gasteiger partial charge is 0.344 e. The fraction of sp³-hybridized carbons (Fsp3) is 0.391. The number of benzene rings is 1. The van der Waals surface area contributed by atoms with Gasteiger partial charge in [-0.1, -0.05) is 6.92 Å². The van der Waals surface area contributed by atoms with Gasteiger partial charge in [0.2, 0.25) is 5.91 Å². The lowest BCUT2D eigenvalue weighted by Gasteiger charge is -2.17. The highest BCUT2D eigenvalue weighted by Crippen LogP contribution is 2.34. The number of ether oxygens (including phenoxy) is 3. The summed E-state index contributed by atoms with van der Waals surface area (Å²) >= 11 is 1.28. The number of rotatable bonds is 9. The number of hydrogen-bond acceptors (Lipinski definition) is 8. The zero-order valence-electron chi connectivity index (χ0n) is 18.7. The lowest BCUT2D eigenvalue weighted by atomic mass is 10.0. The first kappa shape index (κ1) is 24.2. The molecule has 2 aromatic rings. The van der Waals surface area contributed by atoms with Gasteiger partial charge in [-0.2, -0.15) is 0 Å². The van der Waals surface area contributed by atoms with Gasteiger partial charge in [0.25, 0.3) is 5.91 Å². The Balaban J connectivity index is 1.52. The van der Waals surface area contributed by atoms with Crippen LogP contribution in [0.2, 0.25) is 0 Å². The maximum Gasteiger partial charge on any atom is 0.344 e. The standard InChI is InChI=1S/C23H26N2O7S/c1-4-16-13(3)33-22(21(16)23(29)30-5-2)25-19(27)11-32-20(28)12-31-15-7-8-17-14(10-15)6-9-18(26)24-17/h7-8,10H,4-6,9,11-12H2,1-3H3,(H,24,26)(H,25,27). The second kappa shape index (κ2) is 11.0. The minimum atomic E-state index is -0.710. The number of nitrogens with one attached hydrogen (secondary N) is 2. The predicted molar refractivity (Wildman–Crippen MR) is 123 cm³/mol. The molecule has 9 nitrogen and oxygen atoms in total. The topological polar surface area (TPSA) is 120 Å². The molecule has 0 atom stereocenters. The second-order valence-corrected chi connectivity index (χ2v) is 8.50. The molecular formula is C23H26N2O7S. The molecule has 1 aromatic heterocycles. The summed E-state index contributed by atoms with van der Waals surface area (Å²) in [4.78, 5) is 49.0. The molecule has 0 aliphatic carbocycles. The lowest BCUT2D eigenvalue weighted by molar-refractivity contribution is -0.149. The summed E-state index contributed by atoms with van der Waals surface area (Å²) in [7, 11) is 0. The van der Waals surface area contributed by atoms with Crippen molar-refractivity contribution in [3.8, 4) is 5.75 Å². The summed E-state index contributed by atoms with van der Waals surface area (Å²) in [5.74, 6) is -1.34. The van der Waals surface area contributed by atoms with Gasteiger partial charge in [0.15, 0.2) is 13.2 Å². The number of carbonyl (C=O) groups excluding carboxylic acids is 4. The first-order valence-corrected chi connectivity index (χ1v) is 11.4. The Morgan fingerprint density at radius 2 is 1.91 bits per heavy atom. The number of hydrogen-bond donors (Lipinski definition) is 2. The van der Waals surface area contributed by atoms with E-state index < -0.39 is 24.5 Å². The Bertz CT molecular complexity index is 1080. The van der Waals surface area contributed by atoms with Crippen molar-refractivity contribution >= 4 is 45.8 Å². The first-order valence-electron chi connectivity index (χ1n) is 10.6. The number of anilines is 2. The minimum Gasteiger partial charge on any atom is -0.482 e. The highest BCUT2D eigenvalue weighted by molar-refractivity contribution is 7.16. The molecule has 2 heterocycles. The fourth-order valence-electron chi connectivity index (χ4n) is 3.45. The number of esters is 2. The average Bonchev–Trinajstić information content (AvgIpc) is 3.10. The largest absolute Gasteiger partial charge is 0.482 e. The van der Waals surface area contributed by atoms with Gasteiger partial charge in [-0.05, 0) is 56.0 Å². The number of amides is 2. The van der Waals surface area contributed by atoms with Gasteiger partial charge in [-0.3, -0.25) is 9.59 Å². The van der Waals surface area contributed by atoms with Gasteiger partial charge < -0.3 is 24.8 Å². The molecule has 0 spiro atoms. The molecule has 1 aliphatic heterocycles. The van der Waals surface area contributed by atoms with Crippen molar-refractivity contribution < 1.29 is 33.4 Å². The molecule has 2 N–H and O–H groups in total. The summed E-state index contributed by atoms with van der Waals surface area (Å²) in [6, 6.07) is 5.12. The maximum absolute atomic E-state index is 12.3. The van der Waals surface area contributed by atoms with Crippen LogP contribution in [0.1, 0.15) is 46.6 Å². The summed E-state index contributed by atoms with van der Waals surface area (Å²) in [6.45, 7) is 4.84. The SMILES string of the molecule is CCOC(=O)c1c(NC(=O)COC(=O)COc2ccc3c(c2)CCC(=O)N3)sc(C)c1CC. The van der Waals surface area contributed by atoms with Gasteiger partial charge in [0.1, 0.15) is 10.8 Å². The summed E-state index contributed by atoms with van der Waals surface area (Å²) in [5.41, 5.74) is 2.82. The Morgan fingerprint density at radius 1 is 1.12 bits per heavy atom. The zero-order valence-corrected chi connectivity index (χ0v) is 19.6. The van der Waals surface area contributed by atoms with Crippen LogP contribution >= 0.6 is 11.3 Å². The lowest BCUT2D eigenvalue weighted by Crippen LogP contribution is -2.24. The van der Waals surface area contributed by atoms with Crippen LogP contribution < -0.4 is 15.4 Å². The molecule has 0 radical (unpaired) electrons. The van der Waals surface area contributed by atoms with E-state index in [2.05, 4.69) is 10.6 Å². The minimum absolute atomic E-state index is 0.0315. The summed E-state index contributed by atoms with van der Waals surface area (Å²) in [6.07, 6.45) is 1.61. The molecule has 0 saturated heterocycles. The number of carbonyl (C=O) groups is 4. The van der Waals surface area contributed by atoms with Crippen LogP contribution in [-0.2, 0) is 36.7 Å². The number of aryl methyl sites for hydroxylation is 2. The monoisotopic (exact) mass is 474 g/mol. The molecule has 2 amide bonds. The zero-order chi connectivity index (χ0) is 24.0. The van der Waals surface area contributed by atoms with Gasteiger partial charge in [-0.15, -0.1) is 11.3 Å². The average molecular weight is 475 g/mol. The second-order valence-electron chi connectivity index (χ2n) is 7.28. The van der Waals surface area contributed by atoms with E-state index >= 15 is 0 Å². The van der Waals surface area contributed by atoms with Gasteiger partial charge >= 0.3 is 11.9 Å². The van der Waals surface area contributed by atoms with E-state index in [-0.39, 0.29) is 19.1 Å². The highest BCUT2D eigenvalue weighted by atomic mass is 32.1. The van der Waals surface area contributed by atoms with Crippen molar-refractivity contribution in [2.75, 3.05) is 30.5 Å². The van der Waals surface area contributed by atoms with Crippen LogP contribution in [0.4, 0.5) is 10.7 Å². The Kier molecular flexibility index (Phi) is 8.05. The first-order chi connectivity index (χ1) is 15.8. The highest BCUT2D eigenvalue weighted by Gasteiger charge is 2.24. The molecule has 3 rings (SSSR count). The molecule has 10 heteroatoms. The van der Waals surface area contributed by atoms with Crippen LogP contribution in [0, 0.1) is 6.92 Å². The molecule has 33 heavy (non-hydrogen) atoms. The summed E-state index contributed by atoms with van der Waals surface area (Å²) < 4.78 is 15.5. The molecule has 0 fully saturated rings. The molecule has 0 saturated carbocycles. The van der Waals surface area contributed by atoms with Crippen molar-refractivity contribution in [2.24, 2.45) is 0 Å². The van der Waals surface area contributed by atoms with Crippen LogP contribution in [-0.4, -0.2) is 43.6 Å². The van der Waals surface area contributed by atoms with E-state index in [9.17, 15) is 19.2 Å². The van der Waals surface area contributed by atoms with Crippen molar-refractivity contribution in [3.05, 3.63) is 39.8 Å². The van der Waals surface area contributed by atoms with Gasteiger partial charge in [0, 0.05) is 17.0 Å². The maximum atomic E-state index is 12.3. The summed E-state index contributed by atoms with van der Waals surface area (Å²) in [5, 5.41) is 5.79. The molecule has 1 aliphatic rings. The third-order valence-corrected chi connectivity index (χ3v) is 6.05. The third-order valence-electron chi connectivity index (χ3n) is 4.99. The Labute approximate surface area is 195 Å². The van der Waals surface area contributed by atoms with E-state index in [0.717, 1.165) is 21.7 Å². The number of fused-ring (bicyclic) bond motifs is 1. The van der Waals surface area contributed by atoms with Crippen LogP contribution in [0.3, 0.4) is 0 Å². The molecule has 1 aromatic carbocycles. The van der Waals surface area contributed by atoms with E-state index in [0.29, 0.717) is 35.6 Å². The van der Waals surface area contributed by atoms with Crippen LogP contribution in [0.25, 0.3) is 0 Å². The van der Waals surface area contributed by atoms with E-state index in [1.807, 2.05) is 13.8 Å². The van der Waals surface area contributed by atoms with Crippen molar-refractivity contribution in [3.63, 3.8) is 0 Å². The normalized spacial score (nSPS) is 12.4. The fourth-order valence-corrected chi connectivity index (χ4v) is 4.60. The van der Waals surface area contributed by atoms with E-state index in [1.54, 1.807) is 25.1 Å². The van der Waals surface area contributed by atoms with Gasteiger partial charge in [0.05, 0.1) is 12.2 Å². The predicted octanol–water partition coefficient (Wildman–Crippen LogP) is 3.24. The van der Waals surface area contributed by atoms with Crippen molar-refractivity contribution in [2.45, 2.75) is 40.0 Å². The Hall–Kier alpha value is -3.40. The third kappa shape index (κ3) is 6.10. The van der Waals surface area contributed by atoms with Crippen molar-refractivity contribution in [1.29, 1.82) is 0 Å². The molecule has 0 unspecified atom stereocenters. The van der Waals surface area contributed by atoms with Crippen LogP contribution in [0.5, 0.6) is 5.75 Å².